The Morgan fingerprint density at radius 2 is 1.94 bits per heavy atom. The predicted molar refractivity (Wildman–Crippen MR) is 134 cm³/mol. The number of nitrogens with zero attached hydrogens (tertiary/aromatic N) is 3. The van der Waals surface area contributed by atoms with Crippen LogP contribution >= 0.6 is 23.1 Å². The Morgan fingerprint density at radius 3 is 2.79 bits per heavy atom. The van der Waals surface area contributed by atoms with Gasteiger partial charge in [0.15, 0.2) is 10.1 Å². The van der Waals surface area contributed by atoms with Gasteiger partial charge in [-0.15, -0.1) is 11.3 Å². The van der Waals surface area contributed by atoms with Crippen molar-refractivity contribution in [1.29, 1.82) is 0 Å². The maximum Gasteiger partial charge on any atom is 0.270 e. The summed E-state index contributed by atoms with van der Waals surface area (Å²) in [6.45, 7) is 1.77. The number of amidine groups is 1. The van der Waals surface area contributed by atoms with Crippen LogP contribution in [0.25, 0.3) is 0 Å². The molecule has 0 radical (unpaired) electrons. The summed E-state index contributed by atoms with van der Waals surface area (Å²) in [7, 11) is -4.04. The Morgan fingerprint density at radius 1 is 1.09 bits per heavy atom. The van der Waals surface area contributed by atoms with Gasteiger partial charge in [-0.2, -0.15) is 0 Å². The Labute approximate surface area is 199 Å². The summed E-state index contributed by atoms with van der Waals surface area (Å²) in [6.07, 6.45) is 1.32. The molecule has 0 amide bonds. The van der Waals surface area contributed by atoms with E-state index in [2.05, 4.69) is 15.2 Å². The van der Waals surface area contributed by atoms with E-state index >= 15 is 0 Å². The lowest BCUT2D eigenvalue weighted by Gasteiger charge is -2.29. The van der Waals surface area contributed by atoms with E-state index in [-0.39, 0.29) is 11.4 Å². The van der Waals surface area contributed by atoms with Crippen molar-refractivity contribution in [1.82, 2.24) is 0 Å². The van der Waals surface area contributed by atoms with E-state index in [1.807, 2.05) is 48.5 Å². The SMILES string of the molecule is O=C1C(=CNc2ccc3c(c2)N2CCN=C2S3)S(=O)(=O)N(Cc2ccccc2)c2ccsc21. The molecule has 0 saturated carbocycles. The van der Waals surface area contributed by atoms with E-state index in [4.69, 9.17) is 0 Å². The van der Waals surface area contributed by atoms with Crippen LogP contribution < -0.4 is 14.5 Å². The maximum atomic E-state index is 13.5. The highest BCUT2D eigenvalue weighted by Gasteiger charge is 2.41. The quantitative estimate of drug-likeness (QED) is 0.537. The first-order chi connectivity index (χ1) is 16.0. The topological polar surface area (TPSA) is 82.1 Å². The normalized spacial score (nSPS) is 19.3. The number of Topliss-reactive ketones (excluding diaryl/α,β-unsaturated/α-hetero) is 1. The minimum Gasteiger partial charge on any atom is -0.360 e. The Hall–Kier alpha value is -3.08. The highest BCUT2D eigenvalue weighted by molar-refractivity contribution is 8.14. The minimum absolute atomic E-state index is 0.157. The zero-order valence-electron chi connectivity index (χ0n) is 17.3. The highest BCUT2D eigenvalue weighted by Crippen LogP contribution is 2.43. The lowest BCUT2D eigenvalue weighted by atomic mass is 10.2. The lowest BCUT2D eigenvalue weighted by molar-refractivity contribution is 0.104. The van der Waals surface area contributed by atoms with Gasteiger partial charge in [0, 0.05) is 23.3 Å². The van der Waals surface area contributed by atoms with Crippen LogP contribution in [-0.4, -0.2) is 32.5 Å². The van der Waals surface area contributed by atoms with Crippen LogP contribution in [0.15, 0.2) is 81.0 Å². The second-order valence-corrected chi connectivity index (χ2v) is 11.5. The summed E-state index contributed by atoms with van der Waals surface area (Å²) in [6, 6.07) is 16.9. The van der Waals surface area contributed by atoms with E-state index < -0.39 is 15.8 Å². The second-order valence-electron chi connectivity index (χ2n) is 7.71. The highest BCUT2D eigenvalue weighted by atomic mass is 32.2. The van der Waals surface area contributed by atoms with E-state index in [0.29, 0.717) is 16.3 Å². The molecule has 2 aromatic carbocycles. The molecule has 0 bridgehead atoms. The van der Waals surface area contributed by atoms with Crippen LogP contribution in [0, 0.1) is 0 Å². The number of nitrogens with one attached hydrogen (secondary N) is 1. The number of ketones is 1. The second kappa shape index (κ2) is 7.75. The summed E-state index contributed by atoms with van der Waals surface area (Å²) in [5, 5.41) is 5.80. The standard InChI is InChI=1S/C23H18N4O3S3/c28-21-20(13-25-16-6-7-19-18(12-16)26-10-9-24-23(26)32-19)33(29,30)27(17-8-11-31-22(17)21)14-15-4-2-1-3-5-15/h1-8,11-13,25H,9-10,14H2. The zero-order chi connectivity index (χ0) is 22.6. The van der Waals surface area contributed by atoms with E-state index in [0.717, 1.165) is 34.4 Å². The molecule has 6 rings (SSSR count). The number of thiophene rings is 1. The number of rotatable bonds is 4. The minimum atomic E-state index is -4.04. The van der Waals surface area contributed by atoms with Crippen LogP contribution in [0.4, 0.5) is 17.1 Å². The Balaban J connectivity index is 1.35. The van der Waals surface area contributed by atoms with Gasteiger partial charge in [0.1, 0.15) is 4.88 Å². The van der Waals surface area contributed by atoms with Crippen molar-refractivity contribution >= 4 is 61.1 Å². The number of thioether (sulfide) groups is 1. The largest absolute Gasteiger partial charge is 0.360 e. The van der Waals surface area contributed by atoms with Crippen LogP contribution in [0.2, 0.25) is 0 Å². The number of allylic oxidation sites excluding steroid dienone is 1. The fourth-order valence-electron chi connectivity index (χ4n) is 4.09. The van der Waals surface area contributed by atoms with Crippen LogP contribution in [-0.2, 0) is 16.6 Å². The molecule has 10 heteroatoms. The van der Waals surface area contributed by atoms with Gasteiger partial charge >= 0.3 is 0 Å². The number of hydrogen-bond acceptors (Lipinski definition) is 8. The number of fused-ring (bicyclic) bond motifs is 4. The molecule has 4 heterocycles. The molecule has 0 aliphatic carbocycles. The lowest BCUT2D eigenvalue weighted by Crippen LogP contribution is -2.38. The van der Waals surface area contributed by atoms with Crippen LogP contribution in [0.3, 0.4) is 0 Å². The first-order valence-corrected chi connectivity index (χ1v) is 13.5. The van der Waals surface area contributed by atoms with E-state index in [1.54, 1.807) is 23.2 Å². The van der Waals surface area contributed by atoms with E-state index in [1.165, 1.54) is 21.8 Å². The molecule has 33 heavy (non-hydrogen) atoms. The van der Waals surface area contributed by atoms with Gasteiger partial charge in [-0.1, -0.05) is 30.3 Å². The monoisotopic (exact) mass is 494 g/mol. The summed E-state index contributed by atoms with van der Waals surface area (Å²) < 4.78 is 28.4. The molecule has 3 aliphatic heterocycles. The van der Waals surface area contributed by atoms with Crippen molar-refractivity contribution in [2.24, 2.45) is 4.99 Å². The van der Waals surface area contributed by atoms with Crippen LogP contribution in [0.1, 0.15) is 15.2 Å². The molecular weight excluding hydrogens is 476 g/mol. The van der Waals surface area contributed by atoms with Crippen LogP contribution in [0.5, 0.6) is 0 Å². The van der Waals surface area contributed by atoms with E-state index in [9.17, 15) is 13.2 Å². The summed E-state index contributed by atoms with van der Waals surface area (Å²) >= 11 is 2.89. The third kappa shape index (κ3) is 3.36. The van der Waals surface area contributed by atoms with Crippen molar-refractivity contribution in [3.8, 4) is 0 Å². The summed E-state index contributed by atoms with van der Waals surface area (Å²) in [5.74, 6) is -0.484. The maximum absolute atomic E-state index is 13.5. The molecule has 0 saturated heterocycles. The Bertz CT molecular complexity index is 1440. The third-order valence-electron chi connectivity index (χ3n) is 5.70. The number of sulfonamides is 1. The molecule has 1 N–H and O–H groups in total. The molecule has 0 spiro atoms. The summed E-state index contributed by atoms with van der Waals surface area (Å²) in [4.78, 5) is 21.1. The van der Waals surface area contributed by atoms with Crippen molar-refractivity contribution in [2.75, 3.05) is 27.6 Å². The average molecular weight is 495 g/mol. The fraction of sp³-hybridized carbons (Fsp3) is 0.130. The number of carbonyl (C=O) groups excluding carboxylic acids is 1. The molecule has 3 aliphatic rings. The van der Waals surface area contributed by atoms with Gasteiger partial charge in [0.25, 0.3) is 10.0 Å². The first kappa shape index (κ1) is 20.5. The van der Waals surface area contributed by atoms with Crippen molar-refractivity contribution < 1.29 is 13.2 Å². The predicted octanol–water partition coefficient (Wildman–Crippen LogP) is 4.52. The first-order valence-electron chi connectivity index (χ1n) is 10.3. The molecular formula is C23H18N4O3S3. The third-order valence-corrected chi connectivity index (χ3v) is 9.47. The van der Waals surface area contributed by atoms with Crippen molar-refractivity contribution in [3.05, 3.63) is 81.5 Å². The molecule has 166 valence electrons. The van der Waals surface area contributed by atoms with Gasteiger partial charge in [-0.25, -0.2) is 8.42 Å². The molecule has 3 aromatic rings. The Kier molecular flexibility index (Phi) is 4.82. The number of benzene rings is 2. The fourth-order valence-corrected chi connectivity index (χ4v) is 7.64. The molecule has 1 aromatic heterocycles. The van der Waals surface area contributed by atoms with Gasteiger partial charge < -0.3 is 10.2 Å². The number of aliphatic imine (C=N–C) groups is 1. The molecule has 7 nitrogen and oxygen atoms in total. The van der Waals surface area contributed by atoms with Crippen molar-refractivity contribution in [3.63, 3.8) is 0 Å². The van der Waals surface area contributed by atoms with Gasteiger partial charge in [-0.05, 0) is 47.0 Å². The molecule has 0 fully saturated rings. The zero-order valence-corrected chi connectivity index (χ0v) is 19.7. The van der Waals surface area contributed by atoms with Crippen molar-refractivity contribution in [2.45, 2.75) is 11.4 Å². The van der Waals surface area contributed by atoms with Gasteiger partial charge in [0.05, 0.1) is 24.5 Å². The van der Waals surface area contributed by atoms with Gasteiger partial charge in [0.2, 0.25) is 5.78 Å². The average Bonchev–Trinajstić information content (AvgIpc) is 3.53. The number of carbonyl (C=O) groups is 1. The molecule has 0 atom stereocenters. The smallest absolute Gasteiger partial charge is 0.270 e. The van der Waals surface area contributed by atoms with Gasteiger partial charge in [-0.3, -0.25) is 14.1 Å². The number of anilines is 3. The summed E-state index contributed by atoms with van der Waals surface area (Å²) in [5.41, 5.74) is 3.04. The molecule has 0 unspecified atom stereocenters. The number of hydrogen-bond donors (Lipinski definition) is 1.